The minimum absolute atomic E-state index is 0.00878. The molecule has 2 aliphatic rings. The predicted octanol–water partition coefficient (Wildman–Crippen LogP) is 2.36. The number of hydrogen-bond donors (Lipinski definition) is 2. The molecule has 30 heavy (non-hydrogen) atoms. The van der Waals surface area contributed by atoms with E-state index in [1.165, 1.54) is 6.08 Å². The topological polar surface area (TPSA) is 106 Å². The molecular weight excluding hydrogens is 396 g/mol. The quantitative estimate of drug-likeness (QED) is 0.552. The van der Waals surface area contributed by atoms with Crippen LogP contribution in [0.15, 0.2) is 30.3 Å². The number of para-hydroxylation sites is 2. The number of carbonyl (C=O) groups is 1. The molecule has 0 radical (unpaired) electrons. The number of hydrogen-bond acceptors (Lipinski definition) is 6. The number of nitrogens with zero attached hydrogens (tertiary/aromatic N) is 3. The van der Waals surface area contributed by atoms with E-state index in [-0.39, 0.29) is 36.3 Å². The second-order valence-corrected chi connectivity index (χ2v) is 7.45. The number of carbonyl (C=O) groups excluding carboxylic acids is 1. The number of amides is 1. The number of ether oxygens (including phenoxy) is 2. The lowest BCUT2D eigenvalue weighted by Crippen LogP contribution is -2.54. The standard InChI is InChI=1S/C20H23F2N5O3/c21-18(22)19-25-13-4-1-2-5-14(13)27(19)16(23)8-17(24)30-11-12-9-26(10-12)20(28)15-6-3-7-29-15/h1-2,4-5,8,12,15,18,24H,3,6-7,9-11,23H2/b16-8+,24-17?/t15-/m0/s1. The van der Waals surface area contributed by atoms with Crippen molar-refractivity contribution < 1.29 is 23.0 Å². The first-order chi connectivity index (χ1) is 14.4. The molecule has 0 bridgehead atoms. The Bertz CT molecular complexity index is 978. The zero-order valence-electron chi connectivity index (χ0n) is 16.3. The molecule has 0 spiro atoms. The third-order valence-electron chi connectivity index (χ3n) is 5.27. The Morgan fingerprint density at radius 2 is 2.17 bits per heavy atom. The SMILES string of the molecule is N=C(/C=C(\N)n1c(C(F)F)nc2ccccc21)OCC1CN(C(=O)[C@@H]2CCCO2)C1. The summed E-state index contributed by atoms with van der Waals surface area (Å²) in [4.78, 5) is 17.9. The molecular formula is C20H23F2N5O3. The Morgan fingerprint density at radius 3 is 2.87 bits per heavy atom. The zero-order valence-corrected chi connectivity index (χ0v) is 16.3. The fourth-order valence-electron chi connectivity index (χ4n) is 3.74. The van der Waals surface area contributed by atoms with Gasteiger partial charge in [0, 0.05) is 31.7 Å². The van der Waals surface area contributed by atoms with Gasteiger partial charge in [-0.05, 0) is 25.0 Å². The number of aromatic nitrogens is 2. The van der Waals surface area contributed by atoms with E-state index in [0.29, 0.717) is 30.7 Å². The highest BCUT2D eigenvalue weighted by molar-refractivity contribution is 5.91. The van der Waals surface area contributed by atoms with E-state index >= 15 is 0 Å². The molecule has 2 aromatic rings. The van der Waals surface area contributed by atoms with Crippen LogP contribution in [0.2, 0.25) is 0 Å². The molecule has 0 aliphatic carbocycles. The number of nitrogens with one attached hydrogen (secondary N) is 1. The average molecular weight is 419 g/mol. The zero-order chi connectivity index (χ0) is 21.3. The number of alkyl halides is 2. The van der Waals surface area contributed by atoms with Gasteiger partial charge in [-0.2, -0.15) is 0 Å². The Kier molecular flexibility index (Phi) is 5.67. The highest BCUT2D eigenvalue weighted by atomic mass is 19.3. The highest BCUT2D eigenvalue weighted by Crippen LogP contribution is 2.26. The lowest BCUT2D eigenvalue weighted by Gasteiger charge is -2.40. The fraction of sp³-hybridized carbons (Fsp3) is 0.450. The number of halogens is 2. The largest absolute Gasteiger partial charge is 0.478 e. The van der Waals surface area contributed by atoms with Gasteiger partial charge >= 0.3 is 0 Å². The minimum atomic E-state index is -2.82. The van der Waals surface area contributed by atoms with E-state index in [2.05, 4.69) is 4.98 Å². The molecule has 1 aromatic heterocycles. The van der Waals surface area contributed by atoms with Crippen molar-refractivity contribution in [2.24, 2.45) is 11.7 Å². The maximum absolute atomic E-state index is 13.4. The third kappa shape index (κ3) is 4.00. The van der Waals surface area contributed by atoms with Crippen LogP contribution in [0.4, 0.5) is 8.78 Å². The smallest absolute Gasteiger partial charge is 0.296 e. The van der Waals surface area contributed by atoms with Crippen LogP contribution < -0.4 is 5.73 Å². The van der Waals surface area contributed by atoms with Gasteiger partial charge < -0.3 is 20.1 Å². The van der Waals surface area contributed by atoms with Gasteiger partial charge in [-0.3, -0.25) is 14.8 Å². The van der Waals surface area contributed by atoms with E-state index in [1.807, 2.05) is 0 Å². The number of fused-ring (bicyclic) bond motifs is 1. The second kappa shape index (κ2) is 8.39. The molecule has 1 aromatic carbocycles. The van der Waals surface area contributed by atoms with Crippen molar-refractivity contribution in [1.29, 1.82) is 5.41 Å². The summed E-state index contributed by atoms with van der Waals surface area (Å²) in [6.45, 7) is 1.96. The lowest BCUT2D eigenvalue weighted by atomic mass is 10.00. The summed E-state index contributed by atoms with van der Waals surface area (Å²) in [5, 5.41) is 7.97. The number of benzene rings is 1. The predicted molar refractivity (Wildman–Crippen MR) is 106 cm³/mol. The molecule has 2 saturated heterocycles. The maximum atomic E-state index is 13.4. The van der Waals surface area contributed by atoms with E-state index in [0.717, 1.165) is 17.4 Å². The van der Waals surface area contributed by atoms with Crippen molar-refractivity contribution in [1.82, 2.24) is 14.5 Å². The molecule has 2 aliphatic heterocycles. The Balaban J connectivity index is 1.35. The van der Waals surface area contributed by atoms with Gasteiger partial charge in [0.15, 0.2) is 5.82 Å². The van der Waals surface area contributed by atoms with Gasteiger partial charge in [-0.25, -0.2) is 13.8 Å². The number of likely N-dealkylation sites (tertiary alicyclic amines) is 1. The first-order valence-corrected chi connectivity index (χ1v) is 9.79. The van der Waals surface area contributed by atoms with Crippen LogP contribution in [-0.2, 0) is 14.3 Å². The van der Waals surface area contributed by atoms with Crippen molar-refractivity contribution in [2.75, 3.05) is 26.3 Å². The third-order valence-corrected chi connectivity index (χ3v) is 5.27. The average Bonchev–Trinajstić information content (AvgIpc) is 3.34. The van der Waals surface area contributed by atoms with E-state index < -0.39 is 12.2 Å². The summed E-state index contributed by atoms with van der Waals surface area (Å²) >= 11 is 0. The highest BCUT2D eigenvalue weighted by Gasteiger charge is 2.36. The van der Waals surface area contributed by atoms with Crippen LogP contribution in [0.3, 0.4) is 0 Å². The van der Waals surface area contributed by atoms with Crippen molar-refractivity contribution in [3.63, 3.8) is 0 Å². The van der Waals surface area contributed by atoms with E-state index in [9.17, 15) is 13.6 Å². The van der Waals surface area contributed by atoms with Crippen LogP contribution >= 0.6 is 0 Å². The molecule has 4 rings (SSSR count). The summed E-state index contributed by atoms with van der Waals surface area (Å²) in [6, 6.07) is 6.65. The van der Waals surface area contributed by atoms with Crippen LogP contribution in [0, 0.1) is 11.3 Å². The van der Waals surface area contributed by atoms with Crippen molar-refractivity contribution in [3.8, 4) is 0 Å². The lowest BCUT2D eigenvalue weighted by molar-refractivity contribution is -0.148. The van der Waals surface area contributed by atoms with E-state index in [1.54, 1.807) is 29.2 Å². The van der Waals surface area contributed by atoms with E-state index in [4.69, 9.17) is 20.6 Å². The van der Waals surface area contributed by atoms with Crippen molar-refractivity contribution >= 4 is 28.7 Å². The fourth-order valence-corrected chi connectivity index (χ4v) is 3.74. The minimum Gasteiger partial charge on any atom is -0.478 e. The number of imidazole rings is 1. The molecule has 0 saturated carbocycles. The Hall–Kier alpha value is -3.01. The van der Waals surface area contributed by atoms with Crippen LogP contribution in [0.25, 0.3) is 16.9 Å². The maximum Gasteiger partial charge on any atom is 0.296 e. The van der Waals surface area contributed by atoms with Gasteiger partial charge in [0.25, 0.3) is 12.3 Å². The summed E-state index contributed by atoms with van der Waals surface area (Å²) in [5.74, 6) is -0.687. The monoisotopic (exact) mass is 419 g/mol. The van der Waals surface area contributed by atoms with Crippen LogP contribution in [0.5, 0.6) is 0 Å². The second-order valence-electron chi connectivity index (χ2n) is 7.45. The van der Waals surface area contributed by atoms with Gasteiger partial charge in [-0.1, -0.05) is 12.1 Å². The normalized spacial score (nSPS) is 20.0. The summed E-state index contributed by atoms with van der Waals surface area (Å²) < 4.78 is 38.7. The molecule has 0 unspecified atom stereocenters. The Labute approximate surface area is 171 Å². The molecule has 1 atom stereocenters. The van der Waals surface area contributed by atoms with Gasteiger partial charge in [0.05, 0.1) is 17.6 Å². The van der Waals surface area contributed by atoms with Crippen LogP contribution in [0.1, 0.15) is 25.1 Å². The van der Waals surface area contributed by atoms with Crippen LogP contribution in [-0.4, -0.2) is 58.7 Å². The molecule has 10 heteroatoms. The van der Waals surface area contributed by atoms with Gasteiger partial charge in [-0.15, -0.1) is 0 Å². The van der Waals surface area contributed by atoms with Crippen molar-refractivity contribution in [2.45, 2.75) is 25.4 Å². The number of nitrogens with two attached hydrogens (primary N) is 1. The first kappa shape index (κ1) is 20.3. The molecule has 8 nitrogen and oxygen atoms in total. The van der Waals surface area contributed by atoms with Gasteiger partial charge in [0.2, 0.25) is 5.90 Å². The first-order valence-electron chi connectivity index (χ1n) is 9.79. The molecule has 2 fully saturated rings. The molecule has 1 amide bonds. The summed E-state index contributed by atoms with van der Waals surface area (Å²) in [7, 11) is 0. The molecule has 160 valence electrons. The Morgan fingerprint density at radius 1 is 1.40 bits per heavy atom. The van der Waals surface area contributed by atoms with Crippen molar-refractivity contribution in [3.05, 3.63) is 36.2 Å². The summed E-state index contributed by atoms with van der Waals surface area (Å²) in [5.41, 5.74) is 6.81. The number of rotatable bonds is 6. The molecule has 3 heterocycles. The summed E-state index contributed by atoms with van der Waals surface area (Å²) in [6.07, 6.45) is -0.298. The molecule has 3 N–H and O–H groups in total. The van der Waals surface area contributed by atoms with Gasteiger partial charge in [0.1, 0.15) is 11.9 Å².